The smallest absolute Gasteiger partial charge is 0.494 e. The van der Waals surface area contributed by atoms with E-state index in [0.717, 1.165) is 5.56 Å². The Balaban J connectivity index is 1.69. The molecule has 0 aliphatic carbocycles. The fourth-order valence-corrected chi connectivity index (χ4v) is 2.76. The summed E-state index contributed by atoms with van der Waals surface area (Å²) in [4.78, 5) is 25.2. The van der Waals surface area contributed by atoms with Gasteiger partial charge in [0.2, 0.25) is 0 Å². The monoisotopic (exact) mass is 363 g/mol. The second-order valence-corrected chi connectivity index (χ2v) is 6.48. The van der Waals surface area contributed by atoms with Crippen molar-refractivity contribution in [1.29, 1.82) is 0 Å². The third kappa shape index (κ3) is 5.14. The number of rotatable bonds is 4. The molecule has 1 fully saturated rings. The van der Waals surface area contributed by atoms with E-state index in [0.29, 0.717) is 16.7 Å². The Morgan fingerprint density at radius 2 is 1.70 bits per heavy atom. The first-order valence-electron chi connectivity index (χ1n) is 8.60. The summed E-state index contributed by atoms with van der Waals surface area (Å²) < 4.78 is 16.4. The summed E-state index contributed by atoms with van der Waals surface area (Å²) in [5, 5.41) is 0. The molecule has 0 amide bonds. The topological polar surface area (TPSA) is 65.1 Å². The van der Waals surface area contributed by atoms with Crippen LogP contribution in [0.5, 0.6) is 5.75 Å². The first-order chi connectivity index (χ1) is 12.9. The molecule has 3 rings (SSSR count). The van der Waals surface area contributed by atoms with Gasteiger partial charge in [0.1, 0.15) is 19.7 Å². The predicted molar refractivity (Wildman–Crippen MR) is 102 cm³/mol. The summed E-state index contributed by atoms with van der Waals surface area (Å²) in [5.41, 5.74) is 2.20. The van der Waals surface area contributed by atoms with Gasteiger partial charge in [0.15, 0.2) is 0 Å². The molecule has 1 aliphatic heterocycles. The predicted octanol–water partition coefficient (Wildman–Crippen LogP) is 0.347. The van der Waals surface area contributed by atoms with Gasteiger partial charge in [0, 0.05) is 5.46 Å². The largest absolute Gasteiger partial charge is 0.636 e. The number of ether oxygens (including phenoxy) is 1. The maximum absolute atomic E-state index is 11.8. The fraction of sp³-hybridized carbons (Fsp3) is 0.263. The van der Waals surface area contributed by atoms with Crippen LogP contribution in [0.4, 0.5) is 0 Å². The van der Waals surface area contributed by atoms with Crippen LogP contribution in [0.25, 0.3) is 0 Å². The summed E-state index contributed by atoms with van der Waals surface area (Å²) >= 11 is 0. The van der Waals surface area contributed by atoms with Crippen LogP contribution >= 0.6 is 0 Å². The van der Waals surface area contributed by atoms with E-state index < -0.39 is 19.1 Å². The fourth-order valence-electron chi connectivity index (χ4n) is 2.76. The quantitative estimate of drug-likeness (QED) is 0.731. The minimum Gasteiger partial charge on any atom is -0.494 e. The van der Waals surface area contributed by atoms with E-state index in [4.69, 9.17) is 21.9 Å². The van der Waals surface area contributed by atoms with Crippen molar-refractivity contribution in [3.8, 4) is 5.75 Å². The highest BCUT2D eigenvalue weighted by Gasteiger charge is 2.33. The third-order valence-electron chi connectivity index (χ3n) is 4.12. The molecule has 1 atom stereocenters. The zero-order valence-corrected chi connectivity index (χ0v) is 15.3. The van der Waals surface area contributed by atoms with Gasteiger partial charge in [-0.05, 0) is 31.7 Å². The Morgan fingerprint density at radius 1 is 1.07 bits per heavy atom. The van der Waals surface area contributed by atoms with Crippen LogP contribution < -0.4 is 15.7 Å². The molecular weight excluding hydrogens is 344 g/mol. The summed E-state index contributed by atoms with van der Waals surface area (Å²) in [6.45, 7) is 1.99. The van der Waals surface area contributed by atoms with E-state index >= 15 is 0 Å². The van der Waals surface area contributed by atoms with Crippen LogP contribution in [0.1, 0.15) is 18.6 Å². The van der Waals surface area contributed by atoms with Crippen molar-refractivity contribution in [1.82, 2.24) is 4.90 Å². The van der Waals surface area contributed by atoms with Gasteiger partial charge >= 0.3 is 19.1 Å². The van der Waals surface area contributed by atoms with Crippen molar-refractivity contribution < 1.29 is 23.6 Å². The minimum absolute atomic E-state index is 0.0323. The van der Waals surface area contributed by atoms with Crippen molar-refractivity contribution in [3.05, 3.63) is 54.1 Å². The molecule has 27 heavy (non-hydrogen) atoms. The van der Waals surface area contributed by atoms with Crippen molar-refractivity contribution in [2.75, 3.05) is 20.1 Å². The average molecular weight is 363 g/mol. The van der Waals surface area contributed by atoms with E-state index in [-0.39, 0.29) is 19.2 Å². The van der Waals surface area contributed by atoms with Crippen LogP contribution in [-0.4, -0.2) is 51.9 Å². The average Bonchev–Trinajstić information content (AvgIpc) is 2.60. The number of likely N-dealkylation sites (N-methyl/N-ethyl adjacent to an activating group) is 1. The number of hydrogen-bond acceptors (Lipinski definition) is 6. The number of nitrogens with zero attached hydrogens (tertiary/aromatic N) is 1. The molecule has 2 aromatic rings. The molecule has 2 radical (unpaired) electrons. The van der Waals surface area contributed by atoms with Crippen LogP contribution in [0.15, 0.2) is 48.5 Å². The van der Waals surface area contributed by atoms with E-state index in [9.17, 15) is 9.59 Å². The van der Waals surface area contributed by atoms with Crippen LogP contribution in [0.3, 0.4) is 0 Å². The second kappa shape index (κ2) is 8.31. The molecule has 1 saturated heterocycles. The molecule has 0 saturated carbocycles. The van der Waals surface area contributed by atoms with Crippen LogP contribution in [0.2, 0.25) is 0 Å². The zero-order chi connectivity index (χ0) is 19.4. The number of hydrogen-bond donors (Lipinski definition) is 0. The van der Waals surface area contributed by atoms with Crippen molar-refractivity contribution >= 4 is 37.8 Å². The molecule has 0 aromatic heterocycles. The zero-order valence-electron chi connectivity index (χ0n) is 15.3. The molecule has 1 heterocycles. The Hall–Kier alpha value is -2.73. The molecule has 8 heteroatoms. The van der Waals surface area contributed by atoms with Gasteiger partial charge in [0.05, 0.1) is 13.1 Å². The van der Waals surface area contributed by atoms with Crippen molar-refractivity contribution in [2.45, 2.75) is 13.0 Å². The first kappa shape index (κ1) is 19.0. The molecular formula is C19H19B2NO5. The second-order valence-electron chi connectivity index (χ2n) is 6.48. The Kier molecular flexibility index (Phi) is 5.86. The Bertz CT molecular complexity index is 807. The van der Waals surface area contributed by atoms with Gasteiger partial charge < -0.3 is 14.0 Å². The summed E-state index contributed by atoms with van der Waals surface area (Å²) in [6.07, 6.45) is -0.188. The van der Waals surface area contributed by atoms with Gasteiger partial charge in [-0.3, -0.25) is 14.5 Å². The van der Waals surface area contributed by atoms with Crippen LogP contribution in [0, 0.1) is 0 Å². The van der Waals surface area contributed by atoms with E-state index in [2.05, 4.69) is 0 Å². The maximum atomic E-state index is 11.8. The van der Waals surface area contributed by atoms with Crippen LogP contribution in [-0.2, 0) is 18.9 Å². The molecule has 2 aromatic carbocycles. The summed E-state index contributed by atoms with van der Waals surface area (Å²) in [7, 11) is 6.40. The maximum Gasteiger partial charge on any atom is 0.636 e. The normalized spacial score (nSPS) is 16.7. The summed E-state index contributed by atoms with van der Waals surface area (Å²) in [5.74, 6) is -0.270. The van der Waals surface area contributed by atoms with E-state index in [1.807, 2.05) is 31.2 Å². The SMILES string of the molecule is [B]c1cccc([C@H](C)Oc2ccc(B3OC(=O)CN(C)CC(=O)O3)cc2)c1. The molecule has 0 unspecified atom stereocenters. The molecule has 136 valence electrons. The molecule has 0 bridgehead atoms. The van der Waals surface area contributed by atoms with Crippen molar-refractivity contribution in [2.24, 2.45) is 0 Å². The molecule has 1 aliphatic rings. The van der Waals surface area contributed by atoms with E-state index in [1.165, 1.54) is 4.90 Å². The highest BCUT2D eigenvalue weighted by Crippen LogP contribution is 2.20. The number of benzene rings is 2. The van der Waals surface area contributed by atoms with Gasteiger partial charge in [-0.1, -0.05) is 41.9 Å². The highest BCUT2D eigenvalue weighted by atomic mass is 16.6. The lowest BCUT2D eigenvalue weighted by Crippen LogP contribution is -2.47. The standard InChI is InChI=1S/C19H19B2NO5/c1-13(14-4-3-5-15(20)10-14)25-17-8-6-16(7-9-17)21-26-18(23)11-22(2)12-19(24)27-21/h3-10,13H,11-12H2,1-2H3/t13-/m0/s1. The van der Waals surface area contributed by atoms with Gasteiger partial charge in [-0.25, -0.2) is 0 Å². The van der Waals surface area contributed by atoms with Gasteiger partial charge in [-0.2, -0.15) is 0 Å². The first-order valence-corrected chi connectivity index (χ1v) is 8.60. The minimum atomic E-state index is -1.06. The van der Waals surface area contributed by atoms with Gasteiger partial charge in [0.25, 0.3) is 0 Å². The molecule has 0 N–H and O–H groups in total. The summed E-state index contributed by atoms with van der Waals surface area (Å²) in [6, 6.07) is 14.4. The lowest BCUT2D eigenvalue weighted by Gasteiger charge is -2.22. The highest BCUT2D eigenvalue weighted by molar-refractivity contribution is 6.64. The number of carbonyl (C=O) groups excluding carboxylic acids is 2. The van der Waals surface area contributed by atoms with E-state index in [1.54, 1.807) is 31.3 Å². The lowest BCUT2D eigenvalue weighted by atomic mass is 9.78. The number of carbonyl (C=O) groups is 2. The van der Waals surface area contributed by atoms with Crippen molar-refractivity contribution in [3.63, 3.8) is 0 Å². The molecule has 6 nitrogen and oxygen atoms in total. The molecule has 0 spiro atoms. The Labute approximate surface area is 160 Å². The lowest BCUT2D eigenvalue weighted by molar-refractivity contribution is -0.145. The van der Waals surface area contributed by atoms with Gasteiger partial charge in [-0.15, -0.1) is 0 Å². The Morgan fingerprint density at radius 3 is 2.30 bits per heavy atom. The third-order valence-corrected chi connectivity index (χ3v) is 4.12.